The Bertz CT molecular complexity index is 423. The van der Waals surface area contributed by atoms with Crippen LogP contribution in [-0.4, -0.2) is 23.8 Å². The van der Waals surface area contributed by atoms with Gasteiger partial charge in [-0.3, -0.25) is 0 Å². The van der Waals surface area contributed by atoms with Crippen LogP contribution in [0.4, 0.5) is 0 Å². The molecule has 17 heavy (non-hydrogen) atoms. The minimum absolute atomic E-state index is 0.0450. The van der Waals surface area contributed by atoms with Crippen molar-refractivity contribution >= 4 is 12.6 Å². The maximum absolute atomic E-state index is 9.00. The molecule has 0 amide bonds. The van der Waals surface area contributed by atoms with Gasteiger partial charge in [0, 0.05) is 0 Å². The Hall–Kier alpha value is -1.36. The first-order chi connectivity index (χ1) is 8.20. The highest BCUT2D eigenvalue weighted by Crippen LogP contribution is 2.26. The van der Waals surface area contributed by atoms with Gasteiger partial charge in [-0.05, 0) is 23.0 Å². The van der Waals surface area contributed by atoms with Gasteiger partial charge in [-0.2, -0.15) is 0 Å². The van der Waals surface area contributed by atoms with Crippen molar-refractivity contribution in [1.29, 1.82) is 0 Å². The fourth-order valence-electron chi connectivity index (χ4n) is 1.84. The van der Waals surface area contributed by atoms with Crippen molar-refractivity contribution in [2.75, 3.05) is 6.61 Å². The summed E-state index contributed by atoms with van der Waals surface area (Å²) in [7, 11) is -1.41. The third-order valence-corrected chi connectivity index (χ3v) is 2.91. The summed E-state index contributed by atoms with van der Waals surface area (Å²) < 4.78 is 5.70. The first kappa shape index (κ1) is 12.1. The zero-order chi connectivity index (χ0) is 12.3. The standard InChI is InChI=1S/C13H15BO3/c1-2-10-3-8-13(17-9-10)11-4-6-12(7-5-11)14(15)16/h2-7,13,15-16H,1,8-9H2. The van der Waals surface area contributed by atoms with Crippen molar-refractivity contribution in [3.05, 3.63) is 54.1 Å². The lowest BCUT2D eigenvalue weighted by Gasteiger charge is -2.22. The number of ether oxygens (including phenoxy) is 1. The number of hydrogen-bond acceptors (Lipinski definition) is 3. The van der Waals surface area contributed by atoms with Crippen LogP contribution in [0.3, 0.4) is 0 Å². The molecule has 0 aromatic heterocycles. The second-order valence-corrected chi connectivity index (χ2v) is 4.06. The molecule has 0 aliphatic carbocycles. The second-order valence-electron chi connectivity index (χ2n) is 4.06. The van der Waals surface area contributed by atoms with Crippen molar-refractivity contribution in [3.63, 3.8) is 0 Å². The highest BCUT2D eigenvalue weighted by atomic mass is 16.5. The molecule has 2 N–H and O–H groups in total. The van der Waals surface area contributed by atoms with Gasteiger partial charge in [-0.15, -0.1) is 0 Å². The quantitative estimate of drug-likeness (QED) is 0.759. The SMILES string of the molecule is C=CC1=CCC(c2ccc(B(O)O)cc2)OC1. The molecule has 1 aromatic rings. The molecular weight excluding hydrogens is 215 g/mol. The Labute approximate surface area is 101 Å². The molecular formula is C13H15BO3. The maximum atomic E-state index is 9.00. The largest absolute Gasteiger partial charge is 0.488 e. The van der Waals surface area contributed by atoms with E-state index < -0.39 is 7.12 Å². The fourth-order valence-corrected chi connectivity index (χ4v) is 1.84. The van der Waals surface area contributed by atoms with Crippen LogP contribution in [0, 0.1) is 0 Å². The molecule has 1 aromatic carbocycles. The highest BCUT2D eigenvalue weighted by molar-refractivity contribution is 6.58. The van der Waals surface area contributed by atoms with Gasteiger partial charge >= 0.3 is 7.12 Å². The van der Waals surface area contributed by atoms with E-state index in [4.69, 9.17) is 14.8 Å². The topological polar surface area (TPSA) is 49.7 Å². The molecule has 0 saturated carbocycles. The molecule has 0 saturated heterocycles. The van der Waals surface area contributed by atoms with Crippen LogP contribution in [0.2, 0.25) is 0 Å². The lowest BCUT2D eigenvalue weighted by molar-refractivity contribution is 0.0635. The van der Waals surface area contributed by atoms with Gasteiger partial charge in [0.1, 0.15) is 0 Å². The van der Waals surface area contributed by atoms with Crippen molar-refractivity contribution in [1.82, 2.24) is 0 Å². The second kappa shape index (κ2) is 5.32. The fraction of sp³-hybridized carbons (Fsp3) is 0.231. The van der Waals surface area contributed by atoms with Gasteiger partial charge in [0.25, 0.3) is 0 Å². The van der Waals surface area contributed by atoms with Gasteiger partial charge in [-0.25, -0.2) is 0 Å². The molecule has 1 heterocycles. The molecule has 88 valence electrons. The number of rotatable bonds is 3. The monoisotopic (exact) mass is 230 g/mol. The first-order valence-corrected chi connectivity index (χ1v) is 5.60. The summed E-state index contributed by atoms with van der Waals surface area (Å²) in [5.41, 5.74) is 2.66. The summed E-state index contributed by atoms with van der Waals surface area (Å²) in [6, 6.07) is 7.14. The summed E-state index contributed by atoms with van der Waals surface area (Å²) in [6.45, 7) is 4.29. The Kier molecular flexibility index (Phi) is 3.79. The van der Waals surface area contributed by atoms with E-state index in [0.29, 0.717) is 12.1 Å². The third kappa shape index (κ3) is 2.85. The van der Waals surface area contributed by atoms with E-state index in [1.165, 1.54) is 0 Å². The summed E-state index contributed by atoms with van der Waals surface area (Å²) >= 11 is 0. The van der Waals surface area contributed by atoms with Crippen molar-refractivity contribution < 1.29 is 14.8 Å². The summed E-state index contributed by atoms with van der Waals surface area (Å²) in [6.07, 6.45) is 4.79. The molecule has 1 unspecified atom stereocenters. The van der Waals surface area contributed by atoms with Crippen molar-refractivity contribution in [2.45, 2.75) is 12.5 Å². The third-order valence-electron chi connectivity index (χ3n) is 2.91. The van der Waals surface area contributed by atoms with Crippen molar-refractivity contribution in [2.24, 2.45) is 0 Å². The van der Waals surface area contributed by atoms with Crippen LogP contribution in [-0.2, 0) is 4.74 Å². The molecule has 0 fully saturated rings. The van der Waals surface area contributed by atoms with Crippen LogP contribution < -0.4 is 5.46 Å². The lowest BCUT2D eigenvalue weighted by Crippen LogP contribution is -2.29. The Morgan fingerprint density at radius 3 is 2.47 bits per heavy atom. The molecule has 2 rings (SSSR count). The first-order valence-electron chi connectivity index (χ1n) is 5.60. The Morgan fingerprint density at radius 1 is 1.29 bits per heavy atom. The summed E-state index contributed by atoms with van der Waals surface area (Å²) in [5.74, 6) is 0. The summed E-state index contributed by atoms with van der Waals surface area (Å²) in [5, 5.41) is 18.0. The maximum Gasteiger partial charge on any atom is 0.488 e. The molecule has 0 spiro atoms. The minimum atomic E-state index is -1.41. The highest BCUT2D eigenvalue weighted by Gasteiger charge is 2.17. The predicted molar refractivity (Wildman–Crippen MR) is 67.9 cm³/mol. The van der Waals surface area contributed by atoms with Gasteiger partial charge in [0.2, 0.25) is 0 Å². The van der Waals surface area contributed by atoms with E-state index in [0.717, 1.165) is 17.6 Å². The van der Waals surface area contributed by atoms with Gasteiger partial charge in [0.15, 0.2) is 0 Å². The van der Waals surface area contributed by atoms with E-state index in [9.17, 15) is 0 Å². The number of hydrogen-bond donors (Lipinski definition) is 2. The molecule has 4 heteroatoms. The molecule has 3 nitrogen and oxygen atoms in total. The minimum Gasteiger partial charge on any atom is -0.423 e. The van der Waals surface area contributed by atoms with E-state index in [-0.39, 0.29) is 6.10 Å². The van der Waals surface area contributed by atoms with E-state index in [1.807, 2.05) is 12.1 Å². The van der Waals surface area contributed by atoms with Crippen molar-refractivity contribution in [3.8, 4) is 0 Å². The van der Waals surface area contributed by atoms with Gasteiger partial charge < -0.3 is 14.8 Å². The normalized spacial score (nSPS) is 19.6. The molecule has 1 aliphatic rings. The van der Waals surface area contributed by atoms with Crippen LogP contribution in [0.25, 0.3) is 0 Å². The molecule has 0 radical (unpaired) electrons. The predicted octanol–water partition coefficient (Wildman–Crippen LogP) is 0.940. The average Bonchev–Trinajstić information content (AvgIpc) is 2.39. The van der Waals surface area contributed by atoms with Gasteiger partial charge in [0.05, 0.1) is 12.7 Å². The molecule has 1 aliphatic heterocycles. The lowest BCUT2D eigenvalue weighted by atomic mass is 9.80. The zero-order valence-corrected chi connectivity index (χ0v) is 9.54. The van der Waals surface area contributed by atoms with Crippen LogP contribution in [0.5, 0.6) is 0 Å². The smallest absolute Gasteiger partial charge is 0.423 e. The van der Waals surface area contributed by atoms with Crippen LogP contribution in [0.1, 0.15) is 18.1 Å². The van der Waals surface area contributed by atoms with E-state index in [2.05, 4.69) is 12.7 Å². The van der Waals surface area contributed by atoms with Crippen LogP contribution >= 0.6 is 0 Å². The Morgan fingerprint density at radius 2 is 2.00 bits per heavy atom. The number of benzene rings is 1. The van der Waals surface area contributed by atoms with E-state index >= 15 is 0 Å². The average molecular weight is 230 g/mol. The summed E-state index contributed by atoms with van der Waals surface area (Å²) in [4.78, 5) is 0. The molecule has 1 atom stereocenters. The zero-order valence-electron chi connectivity index (χ0n) is 9.54. The van der Waals surface area contributed by atoms with E-state index in [1.54, 1.807) is 18.2 Å². The van der Waals surface area contributed by atoms with Gasteiger partial charge in [-0.1, -0.05) is 43.0 Å². The molecule has 0 bridgehead atoms. The Balaban J connectivity index is 2.09. The van der Waals surface area contributed by atoms with Crippen LogP contribution in [0.15, 0.2) is 48.6 Å².